The van der Waals surface area contributed by atoms with Gasteiger partial charge in [-0.15, -0.1) is 18.3 Å². The molecule has 1 amide bonds. The number of H-pyrrole nitrogens is 1. The molecule has 0 bridgehead atoms. The summed E-state index contributed by atoms with van der Waals surface area (Å²) >= 11 is 0. The number of aromatic amines is 1. The van der Waals surface area contributed by atoms with Crippen molar-refractivity contribution >= 4 is 17.8 Å². The van der Waals surface area contributed by atoms with Gasteiger partial charge in [-0.1, -0.05) is 12.1 Å². The van der Waals surface area contributed by atoms with Crippen LogP contribution in [0.25, 0.3) is 0 Å². The third-order valence-corrected chi connectivity index (χ3v) is 2.27. The molecule has 116 valence electrons. The molecule has 0 aliphatic rings. The average molecular weight is 316 g/mol. The van der Waals surface area contributed by atoms with E-state index in [2.05, 4.69) is 20.1 Å². The summed E-state index contributed by atoms with van der Waals surface area (Å²) in [5.41, 5.74) is -0.415. The zero-order chi connectivity index (χ0) is 16.3. The van der Waals surface area contributed by atoms with Crippen molar-refractivity contribution in [2.75, 3.05) is 5.32 Å². The van der Waals surface area contributed by atoms with Gasteiger partial charge in [0.1, 0.15) is 5.75 Å². The van der Waals surface area contributed by atoms with Crippen LogP contribution in [0.15, 0.2) is 24.3 Å². The van der Waals surface area contributed by atoms with Gasteiger partial charge in [-0.05, 0) is 12.1 Å². The molecule has 1 heterocycles. The zero-order valence-electron chi connectivity index (χ0n) is 10.5. The van der Waals surface area contributed by atoms with Crippen LogP contribution in [0.1, 0.15) is 21.0 Å². The summed E-state index contributed by atoms with van der Waals surface area (Å²) in [5, 5.41) is 16.1. The summed E-state index contributed by atoms with van der Waals surface area (Å²) < 4.78 is 40.5. The van der Waals surface area contributed by atoms with Crippen LogP contribution >= 0.6 is 0 Å². The molecule has 1 aromatic heterocycles. The van der Waals surface area contributed by atoms with E-state index in [0.29, 0.717) is 0 Å². The smallest absolute Gasteiger partial charge is 0.475 e. The van der Waals surface area contributed by atoms with E-state index in [4.69, 9.17) is 5.11 Å². The Hall–Kier alpha value is -3.11. The van der Waals surface area contributed by atoms with Crippen LogP contribution in [0.4, 0.5) is 19.1 Å². The van der Waals surface area contributed by atoms with Crippen molar-refractivity contribution in [2.45, 2.75) is 6.36 Å². The zero-order valence-corrected chi connectivity index (χ0v) is 10.5. The minimum Gasteiger partial charge on any atom is -0.475 e. The van der Waals surface area contributed by atoms with Crippen molar-refractivity contribution in [1.82, 2.24) is 15.2 Å². The molecule has 0 spiro atoms. The second-order valence-electron chi connectivity index (χ2n) is 3.81. The number of ether oxygens (including phenoxy) is 1. The maximum atomic E-state index is 12.3. The summed E-state index contributed by atoms with van der Waals surface area (Å²) in [7, 11) is 0. The maximum Gasteiger partial charge on any atom is 0.573 e. The van der Waals surface area contributed by atoms with Gasteiger partial charge >= 0.3 is 12.3 Å². The highest BCUT2D eigenvalue weighted by atomic mass is 19.4. The van der Waals surface area contributed by atoms with E-state index >= 15 is 0 Å². The number of benzene rings is 1. The van der Waals surface area contributed by atoms with E-state index in [9.17, 15) is 22.8 Å². The Morgan fingerprint density at radius 3 is 2.55 bits per heavy atom. The molecule has 11 heteroatoms. The van der Waals surface area contributed by atoms with Crippen molar-refractivity contribution in [2.24, 2.45) is 0 Å². The predicted octanol–water partition coefficient (Wildman–Crippen LogP) is 1.65. The Balaban J connectivity index is 2.20. The van der Waals surface area contributed by atoms with Crippen LogP contribution < -0.4 is 10.1 Å². The van der Waals surface area contributed by atoms with Crippen LogP contribution in [-0.4, -0.2) is 38.5 Å². The standard InChI is InChI=1S/C11H7F3N4O4/c12-11(13,14)22-6-4-2-1-3-5(6)8(19)16-10-15-7(9(20)21)17-18-10/h1-4H,(H,20,21)(H2,15,16,17,18,19). The quantitative estimate of drug-likeness (QED) is 0.789. The Morgan fingerprint density at radius 1 is 1.27 bits per heavy atom. The summed E-state index contributed by atoms with van der Waals surface area (Å²) in [6.45, 7) is 0. The molecule has 2 aromatic rings. The first kappa shape index (κ1) is 15.3. The van der Waals surface area contributed by atoms with E-state index in [1.54, 1.807) is 0 Å². The fourth-order valence-electron chi connectivity index (χ4n) is 1.45. The lowest BCUT2D eigenvalue weighted by Crippen LogP contribution is -2.21. The molecule has 2 rings (SSSR count). The van der Waals surface area contributed by atoms with Crippen LogP contribution in [0.5, 0.6) is 5.75 Å². The number of aromatic carboxylic acids is 1. The van der Waals surface area contributed by atoms with Gasteiger partial charge in [0, 0.05) is 0 Å². The SMILES string of the molecule is O=C(O)c1nc(NC(=O)c2ccccc2OC(F)(F)F)n[nH]1. The number of anilines is 1. The Labute approximate surface area is 119 Å². The summed E-state index contributed by atoms with van der Waals surface area (Å²) in [6.07, 6.45) is -4.96. The van der Waals surface area contributed by atoms with Gasteiger partial charge in [-0.25, -0.2) is 4.79 Å². The summed E-state index contributed by atoms with van der Waals surface area (Å²) in [5.74, 6) is -4.04. The molecule has 1 aromatic carbocycles. The normalized spacial score (nSPS) is 11.0. The molecule has 0 fully saturated rings. The van der Waals surface area contributed by atoms with E-state index < -0.39 is 41.3 Å². The number of carboxylic acid groups (broad SMARTS) is 1. The third kappa shape index (κ3) is 3.71. The number of nitrogens with one attached hydrogen (secondary N) is 2. The fraction of sp³-hybridized carbons (Fsp3) is 0.0909. The number of halogens is 3. The lowest BCUT2D eigenvalue weighted by molar-refractivity contribution is -0.274. The molecule has 22 heavy (non-hydrogen) atoms. The van der Waals surface area contributed by atoms with E-state index in [-0.39, 0.29) is 0 Å². The number of amides is 1. The van der Waals surface area contributed by atoms with Crippen molar-refractivity contribution in [3.8, 4) is 5.75 Å². The highest BCUT2D eigenvalue weighted by Gasteiger charge is 2.33. The summed E-state index contributed by atoms with van der Waals surface area (Å²) in [6, 6.07) is 4.65. The first-order chi connectivity index (χ1) is 10.3. The van der Waals surface area contributed by atoms with Gasteiger partial charge in [-0.2, -0.15) is 4.98 Å². The third-order valence-electron chi connectivity index (χ3n) is 2.27. The molecule has 0 saturated heterocycles. The van der Waals surface area contributed by atoms with Crippen LogP contribution in [0.3, 0.4) is 0 Å². The van der Waals surface area contributed by atoms with Crippen LogP contribution in [0, 0.1) is 0 Å². The van der Waals surface area contributed by atoms with E-state index in [1.807, 2.05) is 5.10 Å². The topological polar surface area (TPSA) is 117 Å². The van der Waals surface area contributed by atoms with Gasteiger partial charge in [0.15, 0.2) is 0 Å². The number of carbonyl (C=O) groups excluding carboxylic acids is 1. The highest BCUT2D eigenvalue weighted by molar-refractivity contribution is 6.05. The van der Waals surface area contributed by atoms with Crippen molar-refractivity contribution in [1.29, 1.82) is 0 Å². The second kappa shape index (κ2) is 5.71. The molecule has 0 radical (unpaired) electrons. The predicted molar refractivity (Wildman–Crippen MR) is 64.4 cm³/mol. The average Bonchev–Trinajstić information content (AvgIpc) is 2.86. The van der Waals surface area contributed by atoms with Crippen molar-refractivity contribution in [3.63, 3.8) is 0 Å². The summed E-state index contributed by atoms with van der Waals surface area (Å²) in [4.78, 5) is 25.9. The first-order valence-electron chi connectivity index (χ1n) is 5.58. The van der Waals surface area contributed by atoms with Gasteiger partial charge in [0.2, 0.25) is 11.8 Å². The van der Waals surface area contributed by atoms with Crippen LogP contribution in [-0.2, 0) is 0 Å². The molecule has 0 aliphatic heterocycles. The van der Waals surface area contributed by atoms with Gasteiger partial charge in [-0.3, -0.25) is 15.2 Å². The number of hydrogen-bond acceptors (Lipinski definition) is 5. The lowest BCUT2D eigenvalue weighted by atomic mass is 10.2. The highest BCUT2D eigenvalue weighted by Crippen LogP contribution is 2.26. The number of carbonyl (C=O) groups is 2. The molecule has 0 atom stereocenters. The lowest BCUT2D eigenvalue weighted by Gasteiger charge is -2.12. The van der Waals surface area contributed by atoms with E-state index in [0.717, 1.165) is 12.1 Å². The second-order valence-corrected chi connectivity index (χ2v) is 3.81. The Morgan fingerprint density at radius 2 is 1.95 bits per heavy atom. The van der Waals surface area contributed by atoms with Gasteiger partial charge < -0.3 is 9.84 Å². The number of hydrogen-bond donors (Lipinski definition) is 3. The number of rotatable bonds is 4. The Bertz CT molecular complexity index is 713. The number of aromatic nitrogens is 3. The molecule has 8 nitrogen and oxygen atoms in total. The maximum absolute atomic E-state index is 12.3. The van der Waals surface area contributed by atoms with Crippen LogP contribution in [0.2, 0.25) is 0 Å². The minimum atomic E-state index is -4.96. The fourth-order valence-corrected chi connectivity index (χ4v) is 1.45. The van der Waals surface area contributed by atoms with Gasteiger partial charge in [0.25, 0.3) is 5.91 Å². The number of nitrogens with zero attached hydrogens (tertiary/aromatic N) is 2. The number of alkyl halides is 3. The monoisotopic (exact) mass is 316 g/mol. The van der Waals surface area contributed by atoms with Gasteiger partial charge in [0.05, 0.1) is 5.56 Å². The van der Waals surface area contributed by atoms with Crippen molar-refractivity contribution in [3.05, 3.63) is 35.7 Å². The van der Waals surface area contributed by atoms with E-state index in [1.165, 1.54) is 12.1 Å². The molecule has 0 unspecified atom stereocenters. The largest absolute Gasteiger partial charge is 0.573 e. The molecule has 0 aliphatic carbocycles. The number of carboxylic acids is 1. The first-order valence-corrected chi connectivity index (χ1v) is 5.58. The molecular formula is C11H7F3N4O4. The molecule has 0 saturated carbocycles. The number of para-hydroxylation sites is 1. The molecular weight excluding hydrogens is 309 g/mol. The Kier molecular flexibility index (Phi) is 3.97. The molecule has 3 N–H and O–H groups in total. The van der Waals surface area contributed by atoms with Crippen molar-refractivity contribution < 1.29 is 32.6 Å². The minimum absolute atomic E-state index is 0.399.